The lowest BCUT2D eigenvalue weighted by molar-refractivity contribution is -0.115. The van der Waals surface area contributed by atoms with Gasteiger partial charge in [-0.05, 0) is 58.5 Å². The average molecular weight is 416 g/mol. The van der Waals surface area contributed by atoms with Gasteiger partial charge in [-0.15, -0.1) is 0 Å². The van der Waals surface area contributed by atoms with E-state index in [9.17, 15) is 4.79 Å². The monoisotopic (exact) mass is 414 g/mol. The molecular formula is C14H8BrClN2O2S2. The summed E-state index contributed by atoms with van der Waals surface area (Å²) >= 11 is 15.6. The Balaban J connectivity index is 1.82. The van der Waals surface area contributed by atoms with Gasteiger partial charge in [0, 0.05) is 16.0 Å². The lowest BCUT2D eigenvalue weighted by Crippen LogP contribution is -2.21. The van der Waals surface area contributed by atoms with Crippen molar-refractivity contribution in [3.63, 3.8) is 0 Å². The van der Waals surface area contributed by atoms with E-state index in [0.29, 0.717) is 21.6 Å². The Hall–Kier alpha value is -1.28. The van der Waals surface area contributed by atoms with E-state index in [1.165, 1.54) is 11.8 Å². The molecule has 0 unspecified atom stereocenters. The molecule has 8 heteroatoms. The van der Waals surface area contributed by atoms with E-state index in [4.69, 9.17) is 28.2 Å². The minimum absolute atomic E-state index is 0.274. The molecule has 0 saturated carbocycles. The molecule has 4 nitrogen and oxygen atoms in total. The van der Waals surface area contributed by atoms with Crippen LogP contribution in [0.3, 0.4) is 0 Å². The third kappa shape index (κ3) is 3.55. The molecule has 0 aliphatic carbocycles. The van der Waals surface area contributed by atoms with E-state index in [-0.39, 0.29) is 11.0 Å². The Morgan fingerprint density at radius 3 is 2.64 bits per heavy atom. The number of furan rings is 1. The van der Waals surface area contributed by atoms with Gasteiger partial charge in [0.1, 0.15) is 11.5 Å². The Kier molecular flexibility index (Phi) is 4.58. The molecule has 0 bridgehead atoms. The standard InChI is InChI=1S/C14H8BrClN2O2S2/c15-10-5-8(6-11-12(19)18-14(21)17-11)20-13(10)22-9-3-1-7(16)2-4-9/h1-6H,(H2,17,18,19,21). The van der Waals surface area contributed by atoms with Gasteiger partial charge in [-0.2, -0.15) is 0 Å². The SMILES string of the molecule is O=C1NC(=S)NC1=Cc1cc(Br)c(Sc2ccc(Cl)cc2)o1. The van der Waals surface area contributed by atoms with E-state index in [2.05, 4.69) is 26.6 Å². The van der Waals surface area contributed by atoms with Gasteiger partial charge in [-0.1, -0.05) is 23.4 Å². The van der Waals surface area contributed by atoms with Gasteiger partial charge in [0.15, 0.2) is 10.2 Å². The number of halogens is 2. The highest BCUT2D eigenvalue weighted by Gasteiger charge is 2.21. The third-order valence-electron chi connectivity index (χ3n) is 2.71. The molecule has 1 aromatic carbocycles. The van der Waals surface area contributed by atoms with E-state index < -0.39 is 0 Å². The summed E-state index contributed by atoms with van der Waals surface area (Å²) in [6.45, 7) is 0. The Morgan fingerprint density at radius 1 is 1.27 bits per heavy atom. The van der Waals surface area contributed by atoms with Crippen molar-refractivity contribution < 1.29 is 9.21 Å². The summed E-state index contributed by atoms with van der Waals surface area (Å²) in [4.78, 5) is 12.6. The van der Waals surface area contributed by atoms with Crippen LogP contribution >= 0.6 is 51.5 Å². The second kappa shape index (κ2) is 6.45. The summed E-state index contributed by atoms with van der Waals surface area (Å²) in [5, 5.41) is 6.93. The number of carbonyl (C=O) groups is 1. The zero-order chi connectivity index (χ0) is 15.7. The summed E-state index contributed by atoms with van der Waals surface area (Å²) in [6, 6.07) is 9.24. The normalized spacial score (nSPS) is 16.0. The fraction of sp³-hybridized carbons (Fsp3) is 0. The molecule has 0 spiro atoms. The lowest BCUT2D eigenvalue weighted by atomic mass is 10.3. The molecular weight excluding hydrogens is 408 g/mol. The zero-order valence-electron chi connectivity index (χ0n) is 10.9. The summed E-state index contributed by atoms with van der Waals surface area (Å²) < 4.78 is 6.54. The van der Waals surface area contributed by atoms with Crippen LogP contribution in [0.2, 0.25) is 5.02 Å². The number of nitrogens with one attached hydrogen (secondary N) is 2. The summed E-state index contributed by atoms with van der Waals surface area (Å²) in [7, 11) is 0. The van der Waals surface area contributed by atoms with Crippen LogP contribution in [0.5, 0.6) is 0 Å². The Bertz CT molecular complexity index is 787. The second-order valence-corrected chi connectivity index (χ2v) is 7.05. The van der Waals surface area contributed by atoms with Crippen LogP contribution < -0.4 is 10.6 Å². The number of thiocarbonyl (C=S) groups is 1. The highest BCUT2D eigenvalue weighted by molar-refractivity contribution is 9.10. The third-order valence-corrected chi connectivity index (χ3v) is 5.01. The molecule has 22 heavy (non-hydrogen) atoms. The molecule has 0 radical (unpaired) electrons. The van der Waals surface area contributed by atoms with Crippen molar-refractivity contribution in [1.29, 1.82) is 0 Å². The molecule has 2 heterocycles. The minimum Gasteiger partial charge on any atom is -0.449 e. The number of benzene rings is 1. The number of amides is 1. The van der Waals surface area contributed by atoms with Crippen LogP contribution in [0.15, 0.2) is 54.9 Å². The first-order valence-corrected chi connectivity index (χ1v) is 8.47. The highest BCUT2D eigenvalue weighted by Crippen LogP contribution is 2.36. The molecule has 2 aromatic rings. The topological polar surface area (TPSA) is 54.3 Å². The van der Waals surface area contributed by atoms with Crippen molar-refractivity contribution >= 4 is 68.6 Å². The van der Waals surface area contributed by atoms with Crippen LogP contribution in [-0.2, 0) is 4.79 Å². The number of hydrogen-bond acceptors (Lipinski definition) is 4. The van der Waals surface area contributed by atoms with Crippen LogP contribution in [-0.4, -0.2) is 11.0 Å². The van der Waals surface area contributed by atoms with Gasteiger partial charge in [-0.3, -0.25) is 10.1 Å². The maximum atomic E-state index is 11.6. The van der Waals surface area contributed by atoms with E-state index in [1.54, 1.807) is 12.1 Å². The van der Waals surface area contributed by atoms with Gasteiger partial charge in [0.05, 0.1) is 4.47 Å². The molecule has 1 saturated heterocycles. The molecule has 1 fully saturated rings. The molecule has 0 atom stereocenters. The van der Waals surface area contributed by atoms with Crippen LogP contribution in [0.25, 0.3) is 6.08 Å². The Morgan fingerprint density at radius 2 is 2.00 bits per heavy atom. The largest absolute Gasteiger partial charge is 0.449 e. The molecule has 1 aliphatic rings. The van der Waals surface area contributed by atoms with Gasteiger partial charge >= 0.3 is 0 Å². The minimum atomic E-state index is -0.274. The molecule has 1 aliphatic heterocycles. The van der Waals surface area contributed by atoms with Crippen molar-refractivity contribution in [1.82, 2.24) is 10.6 Å². The van der Waals surface area contributed by atoms with Gasteiger partial charge in [-0.25, -0.2) is 0 Å². The van der Waals surface area contributed by atoms with Crippen LogP contribution in [0.4, 0.5) is 0 Å². The second-order valence-electron chi connectivity index (χ2n) is 4.31. The van der Waals surface area contributed by atoms with E-state index in [1.807, 2.05) is 24.3 Å². The predicted molar refractivity (Wildman–Crippen MR) is 93.8 cm³/mol. The van der Waals surface area contributed by atoms with Gasteiger partial charge in [0.2, 0.25) is 0 Å². The fourth-order valence-electron chi connectivity index (χ4n) is 1.74. The summed E-state index contributed by atoms with van der Waals surface area (Å²) in [6.07, 6.45) is 1.60. The first-order valence-electron chi connectivity index (χ1n) is 6.08. The lowest BCUT2D eigenvalue weighted by Gasteiger charge is -1.99. The van der Waals surface area contributed by atoms with Crippen molar-refractivity contribution in [3.8, 4) is 0 Å². The number of hydrogen-bond donors (Lipinski definition) is 2. The van der Waals surface area contributed by atoms with Crippen LogP contribution in [0, 0.1) is 0 Å². The fourth-order valence-corrected chi connectivity index (χ4v) is 3.40. The molecule has 1 amide bonds. The van der Waals surface area contributed by atoms with E-state index >= 15 is 0 Å². The van der Waals surface area contributed by atoms with Gasteiger partial charge in [0.25, 0.3) is 5.91 Å². The summed E-state index contributed by atoms with van der Waals surface area (Å²) in [5.41, 5.74) is 0.356. The smallest absolute Gasteiger partial charge is 0.274 e. The van der Waals surface area contributed by atoms with Crippen molar-refractivity contribution in [3.05, 3.63) is 51.3 Å². The van der Waals surface area contributed by atoms with E-state index in [0.717, 1.165) is 9.37 Å². The highest BCUT2D eigenvalue weighted by atomic mass is 79.9. The first kappa shape index (κ1) is 15.6. The first-order chi connectivity index (χ1) is 10.5. The van der Waals surface area contributed by atoms with Gasteiger partial charge < -0.3 is 9.73 Å². The number of carbonyl (C=O) groups excluding carboxylic acids is 1. The van der Waals surface area contributed by atoms with Crippen LogP contribution in [0.1, 0.15) is 5.76 Å². The maximum Gasteiger partial charge on any atom is 0.274 e. The molecule has 3 rings (SSSR count). The van der Waals surface area contributed by atoms with Crippen molar-refractivity contribution in [2.45, 2.75) is 9.99 Å². The Labute approximate surface area is 149 Å². The van der Waals surface area contributed by atoms with Crippen molar-refractivity contribution in [2.24, 2.45) is 0 Å². The zero-order valence-corrected chi connectivity index (χ0v) is 14.8. The molecule has 1 aromatic heterocycles. The quantitative estimate of drug-likeness (QED) is 0.581. The predicted octanol–water partition coefficient (Wildman–Crippen LogP) is 4.19. The number of rotatable bonds is 3. The molecule has 2 N–H and O–H groups in total. The maximum absolute atomic E-state index is 11.6. The molecule has 112 valence electrons. The summed E-state index contributed by atoms with van der Waals surface area (Å²) in [5.74, 6) is 0.273. The van der Waals surface area contributed by atoms with Crippen molar-refractivity contribution in [2.75, 3.05) is 0 Å². The average Bonchev–Trinajstić information content (AvgIpc) is 2.96.